The van der Waals surface area contributed by atoms with Crippen LogP contribution in [0.4, 0.5) is 10.1 Å². The molecule has 150 valence electrons. The lowest BCUT2D eigenvalue weighted by atomic mass is 10.0. The minimum absolute atomic E-state index is 0.167. The number of aryl methyl sites for hydroxylation is 1. The van der Waals surface area contributed by atoms with E-state index in [-0.39, 0.29) is 22.5 Å². The maximum atomic E-state index is 14.3. The van der Waals surface area contributed by atoms with Gasteiger partial charge in [0.25, 0.3) is 11.6 Å². The molecule has 0 bridgehead atoms. The molecule has 5 rings (SSSR count). The van der Waals surface area contributed by atoms with Gasteiger partial charge in [0.05, 0.1) is 22.3 Å². The summed E-state index contributed by atoms with van der Waals surface area (Å²) in [5.74, 6) is 0.344. The Bertz CT molecular complexity index is 1280. The SMILES string of the molecule is Cc1noc2nc(-c3ccccc3F)cc(C(=O)Nc3ccc4c(c3)OCCO4)c12. The van der Waals surface area contributed by atoms with Gasteiger partial charge in [0.15, 0.2) is 11.5 Å². The molecule has 1 amide bonds. The molecule has 1 aliphatic heterocycles. The number of rotatable bonds is 3. The number of carbonyl (C=O) groups excluding carboxylic acids is 1. The first kappa shape index (κ1) is 18.1. The van der Waals surface area contributed by atoms with E-state index < -0.39 is 11.7 Å². The highest BCUT2D eigenvalue weighted by Crippen LogP contribution is 2.33. The van der Waals surface area contributed by atoms with Crippen molar-refractivity contribution in [1.82, 2.24) is 10.1 Å². The van der Waals surface area contributed by atoms with Gasteiger partial charge in [0.2, 0.25) is 0 Å². The molecule has 0 atom stereocenters. The van der Waals surface area contributed by atoms with Crippen molar-refractivity contribution in [2.45, 2.75) is 6.92 Å². The van der Waals surface area contributed by atoms with E-state index in [2.05, 4.69) is 15.5 Å². The number of halogens is 1. The molecule has 2 aromatic carbocycles. The Morgan fingerprint density at radius 1 is 1.07 bits per heavy atom. The van der Waals surface area contributed by atoms with E-state index in [1.165, 1.54) is 12.1 Å². The summed E-state index contributed by atoms with van der Waals surface area (Å²) in [6.07, 6.45) is 0. The molecule has 30 heavy (non-hydrogen) atoms. The first-order chi connectivity index (χ1) is 14.6. The van der Waals surface area contributed by atoms with E-state index in [4.69, 9.17) is 14.0 Å². The summed E-state index contributed by atoms with van der Waals surface area (Å²) in [5.41, 5.74) is 2.05. The largest absolute Gasteiger partial charge is 0.486 e. The van der Waals surface area contributed by atoms with E-state index >= 15 is 0 Å². The molecule has 2 aromatic heterocycles. The van der Waals surface area contributed by atoms with Crippen molar-refractivity contribution in [1.29, 1.82) is 0 Å². The van der Waals surface area contributed by atoms with Crippen molar-refractivity contribution in [3.63, 3.8) is 0 Å². The van der Waals surface area contributed by atoms with Gasteiger partial charge < -0.3 is 19.3 Å². The van der Waals surface area contributed by atoms with Gasteiger partial charge in [0.1, 0.15) is 19.0 Å². The number of hydrogen-bond acceptors (Lipinski definition) is 6. The standard InChI is InChI=1S/C22H16FN3O4/c1-12-20-15(21(27)24-13-6-7-18-19(10-13)29-9-8-28-18)11-17(25-22(20)30-26-12)14-4-2-3-5-16(14)23/h2-7,10-11H,8-9H2,1H3,(H,24,27). The van der Waals surface area contributed by atoms with Crippen LogP contribution in [0.2, 0.25) is 0 Å². The van der Waals surface area contributed by atoms with Crippen molar-refractivity contribution in [2.75, 3.05) is 18.5 Å². The molecule has 0 radical (unpaired) electrons. The molecule has 1 aliphatic rings. The number of amides is 1. The second-order valence-corrected chi connectivity index (χ2v) is 6.80. The number of nitrogens with zero attached hydrogens (tertiary/aromatic N) is 2. The summed E-state index contributed by atoms with van der Waals surface area (Å²) in [4.78, 5) is 17.5. The van der Waals surface area contributed by atoms with Crippen LogP contribution in [0.3, 0.4) is 0 Å². The van der Waals surface area contributed by atoms with Crippen LogP contribution in [0.25, 0.3) is 22.4 Å². The van der Waals surface area contributed by atoms with E-state index in [1.807, 2.05) is 0 Å². The van der Waals surface area contributed by atoms with Gasteiger partial charge in [-0.2, -0.15) is 0 Å². The Kier molecular flexibility index (Phi) is 4.31. The number of pyridine rings is 1. The number of ether oxygens (including phenoxy) is 2. The highest BCUT2D eigenvalue weighted by atomic mass is 19.1. The lowest BCUT2D eigenvalue weighted by Crippen LogP contribution is -2.16. The zero-order valence-electron chi connectivity index (χ0n) is 15.9. The van der Waals surface area contributed by atoms with Crippen LogP contribution in [0.5, 0.6) is 11.5 Å². The van der Waals surface area contributed by atoms with Crippen molar-refractivity contribution in [3.8, 4) is 22.8 Å². The Hall–Kier alpha value is -3.94. The fourth-order valence-corrected chi connectivity index (χ4v) is 3.40. The third-order valence-electron chi connectivity index (χ3n) is 4.81. The van der Waals surface area contributed by atoms with E-state index in [0.29, 0.717) is 41.5 Å². The van der Waals surface area contributed by atoms with Crippen LogP contribution in [-0.4, -0.2) is 29.3 Å². The maximum Gasteiger partial charge on any atom is 0.259 e. The molecule has 3 heterocycles. The molecule has 1 N–H and O–H groups in total. The highest BCUT2D eigenvalue weighted by molar-refractivity contribution is 6.13. The van der Waals surface area contributed by atoms with Gasteiger partial charge >= 0.3 is 0 Å². The van der Waals surface area contributed by atoms with Gasteiger partial charge in [-0.15, -0.1) is 0 Å². The predicted octanol–water partition coefficient (Wildman–Crippen LogP) is 4.36. The average Bonchev–Trinajstić information content (AvgIpc) is 3.14. The average molecular weight is 405 g/mol. The summed E-state index contributed by atoms with van der Waals surface area (Å²) in [6.45, 7) is 2.65. The smallest absolute Gasteiger partial charge is 0.259 e. The first-order valence-electron chi connectivity index (χ1n) is 9.33. The second kappa shape index (κ2) is 7.14. The van der Waals surface area contributed by atoms with Crippen LogP contribution in [0, 0.1) is 12.7 Å². The Labute approximate surface area is 170 Å². The molecular weight excluding hydrogens is 389 g/mol. The number of carbonyl (C=O) groups is 1. The highest BCUT2D eigenvalue weighted by Gasteiger charge is 2.21. The summed E-state index contributed by atoms with van der Waals surface area (Å²) < 4.78 is 30.6. The van der Waals surface area contributed by atoms with Crippen molar-refractivity contribution in [3.05, 3.63) is 65.6 Å². The molecule has 4 aromatic rings. The molecule has 0 aliphatic carbocycles. The lowest BCUT2D eigenvalue weighted by molar-refractivity contribution is 0.102. The van der Waals surface area contributed by atoms with Crippen molar-refractivity contribution >= 4 is 22.7 Å². The molecule has 0 unspecified atom stereocenters. The minimum atomic E-state index is -0.446. The number of anilines is 1. The molecule has 0 spiro atoms. The summed E-state index contributed by atoms with van der Waals surface area (Å²) in [5, 5.41) is 7.24. The third kappa shape index (κ3) is 3.12. The topological polar surface area (TPSA) is 86.5 Å². The first-order valence-corrected chi connectivity index (χ1v) is 9.33. The van der Waals surface area contributed by atoms with E-state index in [0.717, 1.165) is 0 Å². The monoisotopic (exact) mass is 405 g/mol. The number of nitrogens with one attached hydrogen (secondary N) is 1. The molecule has 0 saturated heterocycles. The third-order valence-corrected chi connectivity index (χ3v) is 4.81. The van der Waals surface area contributed by atoms with Gasteiger partial charge in [-0.3, -0.25) is 4.79 Å². The summed E-state index contributed by atoms with van der Waals surface area (Å²) >= 11 is 0. The Morgan fingerprint density at radius 3 is 2.70 bits per heavy atom. The maximum absolute atomic E-state index is 14.3. The normalized spacial score (nSPS) is 12.7. The molecule has 7 nitrogen and oxygen atoms in total. The van der Waals surface area contributed by atoms with E-state index in [9.17, 15) is 9.18 Å². The quantitative estimate of drug-likeness (QED) is 0.545. The van der Waals surface area contributed by atoms with Crippen molar-refractivity contribution in [2.24, 2.45) is 0 Å². The number of benzene rings is 2. The van der Waals surface area contributed by atoms with Gasteiger partial charge in [-0.25, -0.2) is 9.37 Å². The van der Waals surface area contributed by atoms with Crippen LogP contribution >= 0.6 is 0 Å². The number of aromatic nitrogens is 2. The van der Waals surface area contributed by atoms with Crippen LogP contribution in [0.1, 0.15) is 16.1 Å². The molecule has 0 fully saturated rings. The molecule has 8 heteroatoms. The Morgan fingerprint density at radius 2 is 1.87 bits per heavy atom. The Balaban J connectivity index is 1.56. The van der Waals surface area contributed by atoms with Crippen LogP contribution in [0.15, 0.2) is 53.1 Å². The summed E-state index contributed by atoms with van der Waals surface area (Å²) in [7, 11) is 0. The predicted molar refractivity (Wildman–Crippen MR) is 107 cm³/mol. The van der Waals surface area contributed by atoms with Crippen LogP contribution in [-0.2, 0) is 0 Å². The van der Waals surface area contributed by atoms with Gasteiger partial charge in [-0.05, 0) is 37.3 Å². The molecular formula is C22H16FN3O4. The zero-order chi connectivity index (χ0) is 20.7. The van der Waals surface area contributed by atoms with E-state index in [1.54, 1.807) is 43.3 Å². The van der Waals surface area contributed by atoms with Crippen molar-refractivity contribution < 1.29 is 23.2 Å². The fourth-order valence-electron chi connectivity index (χ4n) is 3.40. The number of fused-ring (bicyclic) bond motifs is 2. The minimum Gasteiger partial charge on any atom is -0.486 e. The molecule has 0 saturated carbocycles. The second-order valence-electron chi connectivity index (χ2n) is 6.80. The van der Waals surface area contributed by atoms with Crippen LogP contribution < -0.4 is 14.8 Å². The van der Waals surface area contributed by atoms with Gasteiger partial charge in [-0.1, -0.05) is 17.3 Å². The summed E-state index contributed by atoms with van der Waals surface area (Å²) in [6, 6.07) is 12.9. The number of hydrogen-bond donors (Lipinski definition) is 1. The van der Waals surface area contributed by atoms with Gasteiger partial charge in [0, 0.05) is 17.3 Å². The zero-order valence-corrected chi connectivity index (χ0v) is 15.9. The fraction of sp³-hybridized carbons (Fsp3) is 0.136. The lowest BCUT2D eigenvalue weighted by Gasteiger charge is -2.19.